The number of hydrogen-bond acceptors (Lipinski definition) is 3. The van der Waals surface area contributed by atoms with E-state index >= 15 is 0 Å². The normalized spacial score (nSPS) is 16.3. The Kier molecular flexibility index (Phi) is 5.92. The van der Waals surface area contributed by atoms with Crippen LogP contribution in [0.5, 0.6) is 0 Å². The van der Waals surface area contributed by atoms with Crippen LogP contribution in [0, 0.1) is 17.5 Å². The van der Waals surface area contributed by atoms with Crippen LogP contribution in [0.3, 0.4) is 0 Å². The Labute approximate surface area is 160 Å². The number of anilines is 2. The lowest BCUT2D eigenvalue weighted by atomic mass is 10.2. The van der Waals surface area contributed by atoms with E-state index in [1.807, 2.05) is 29.2 Å². The molecule has 1 fully saturated rings. The third-order valence-corrected chi connectivity index (χ3v) is 4.94. The molecular weight excluding hydrogens is 379 g/mol. The summed E-state index contributed by atoms with van der Waals surface area (Å²) in [5.41, 5.74) is 0.645. The maximum Gasteiger partial charge on any atom is 0.241 e. The molecule has 0 aromatic heterocycles. The second-order valence-corrected chi connectivity index (χ2v) is 6.83. The van der Waals surface area contributed by atoms with Crippen LogP contribution < -0.4 is 10.2 Å². The second-order valence-electron chi connectivity index (χ2n) is 6.39. The van der Waals surface area contributed by atoms with Gasteiger partial charge in [-0.1, -0.05) is 17.7 Å². The summed E-state index contributed by atoms with van der Waals surface area (Å²) in [6.45, 7) is 4.36. The maximum atomic E-state index is 13.7. The summed E-state index contributed by atoms with van der Waals surface area (Å²) >= 11 is 6.02. The van der Waals surface area contributed by atoms with Gasteiger partial charge in [0.1, 0.15) is 0 Å². The van der Waals surface area contributed by atoms with Gasteiger partial charge in [0.15, 0.2) is 17.5 Å². The van der Waals surface area contributed by atoms with Crippen LogP contribution in [0.25, 0.3) is 0 Å². The molecule has 27 heavy (non-hydrogen) atoms. The SMILES string of the molecule is C[C@@H](C(=O)Nc1ccc(F)c(F)c1F)N1CCN(c2cccc(Cl)c2)CC1. The molecule has 8 heteroatoms. The number of amides is 1. The van der Waals surface area contributed by atoms with Crippen LogP contribution in [0.4, 0.5) is 24.5 Å². The van der Waals surface area contributed by atoms with Crippen molar-refractivity contribution in [1.29, 1.82) is 0 Å². The summed E-state index contributed by atoms with van der Waals surface area (Å²) < 4.78 is 40.0. The van der Waals surface area contributed by atoms with Crippen molar-refractivity contribution < 1.29 is 18.0 Å². The molecule has 1 amide bonds. The van der Waals surface area contributed by atoms with E-state index in [1.54, 1.807) is 6.92 Å². The highest BCUT2D eigenvalue weighted by atomic mass is 35.5. The number of carbonyl (C=O) groups is 1. The molecule has 1 saturated heterocycles. The highest BCUT2D eigenvalue weighted by Crippen LogP contribution is 2.22. The van der Waals surface area contributed by atoms with E-state index in [4.69, 9.17) is 11.6 Å². The fourth-order valence-corrected chi connectivity index (χ4v) is 3.25. The molecule has 2 aromatic rings. The van der Waals surface area contributed by atoms with Gasteiger partial charge in [0.2, 0.25) is 5.91 Å². The van der Waals surface area contributed by atoms with E-state index in [-0.39, 0.29) is 5.69 Å². The van der Waals surface area contributed by atoms with Crippen molar-refractivity contribution in [3.63, 3.8) is 0 Å². The van der Waals surface area contributed by atoms with Crippen molar-refractivity contribution in [3.05, 3.63) is 58.9 Å². The van der Waals surface area contributed by atoms with Crippen molar-refractivity contribution in [2.75, 3.05) is 36.4 Å². The molecule has 0 unspecified atom stereocenters. The summed E-state index contributed by atoms with van der Waals surface area (Å²) in [7, 11) is 0. The number of nitrogens with zero attached hydrogens (tertiary/aromatic N) is 2. The topological polar surface area (TPSA) is 35.6 Å². The maximum absolute atomic E-state index is 13.7. The Morgan fingerprint density at radius 2 is 1.78 bits per heavy atom. The van der Waals surface area contributed by atoms with Gasteiger partial charge in [0, 0.05) is 36.9 Å². The number of benzene rings is 2. The van der Waals surface area contributed by atoms with Gasteiger partial charge in [0.05, 0.1) is 11.7 Å². The van der Waals surface area contributed by atoms with Crippen molar-refractivity contribution in [2.45, 2.75) is 13.0 Å². The Balaban J connectivity index is 1.59. The fraction of sp³-hybridized carbons (Fsp3) is 0.316. The minimum absolute atomic E-state index is 0.372. The molecule has 0 aliphatic carbocycles. The minimum Gasteiger partial charge on any atom is -0.369 e. The molecule has 3 rings (SSSR count). The summed E-state index contributed by atoms with van der Waals surface area (Å²) in [6, 6.07) is 8.81. The van der Waals surface area contributed by atoms with Gasteiger partial charge >= 0.3 is 0 Å². The van der Waals surface area contributed by atoms with E-state index in [9.17, 15) is 18.0 Å². The molecule has 0 spiro atoms. The minimum atomic E-state index is -1.60. The number of carbonyl (C=O) groups excluding carboxylic acids is 1. The van der Waals surface area contributed by atoms with E-state index in [0.717, 1.165) is 17.8 Å². The van der Waals surface area contributed by atoms with Gasteiger partial charge in [-0.05, 0) is 37.3 Å². The first kappa shape index (κ1) is 19.5. The van der Waals surface area contributed by atoms with Crippen molar-refractivity contribution in [3.8, 4) is 0 Å². The first-order valence-corrected chi connectivity index (χ1v) is 8.93. The van der Waals surface area contributed by atoms with Gasteiger partial charge in [-0.25, -0.2) is 13.2 Å². The molecule has 1 heterocycles. The number of halogens is 4. The smallest absolute Gasteiger partial charge is 0.241 e. The van der Waals surface area contributed by atoms with Crippen molar-refractivity contribution in [2.24, 2.45) is 0 Å². The van der Waals surface area contributed by atoms with Gasteiger partial charge in [0.25, 0.3) is 0 Å². The Bertz CT molecular complexity index is 841. The molecule has 144 valence electrons. The first-order chi connectivity index (χ1) is 12.9. The van der Waals surface area contributed by atoms with Crippen molar-refractivity contribution in [1.82, 2.24) is 4.90 Å². The Hall–Kier alpha value is -2.25. The predicted octanol–water partition coefficient (Wildman–Crippen LogP) is 3.91. The lowest BCUT2D eigenvalue weighted by Gasteiger charge is -2.38. The summed E-state index contributed by atoms with van der Waals surface area (Å²) in [6.07, 6.45) is 0. The fourth-order valence-electron chi connectivity index (χ4n) is 3.07. The van der Waals surface area contributed by atoms with E-state index in [1.165, 1.54) is 0 Å². The van der Waals surface area contributed by atoms with Gasteiger partial charge in [-0.2, -0.15) is 0 Å². The lowest BCUT2D eigenvalue weighted by molar-refractivity contribution is -0.120. The molecule has 1 N–H and O–H groups in total. The zero-order valence-electron chi connectivity index (χ0n) is 14.7. The highest BCUT2D eigenvalue weighted by Gasteiger charge is 2.27. The molecule has 4 nitrogen and oxygen atoms in total. The van der Waals surface area contributed by atoms with E-state index < -0.39 is 29.4 Å². The predicted molar refractivity (Wildman–Crippen MR) is 99.6 cm³/mol. The zero-order chi connectivity index (χ0) is 19.6. The van der Waals surface area contributed by atoms with E-state index in [0.29, 0.717) is 31.2 Å². The highest BCUT2D eigenvalue weighted by molar-refractivity contribution is 6.30. The summed E-state index contributed by atoms with van der Waals surface area (Å²) in [4.78, 5) is 16.5. The molecular formula is C19H19ClF3N3O. The standard InChI is InChI=1S/C19H19ClF3N3O/c1-12(19(27)24-16-6-5-15(21)17(22)18(16)23)25-7-9-26(10-8-25)14-4-2-3-13(20)11-14/h2-6,11-12H,7-10H2,1H3,(H,24,27)/t12-/m0/s1. The number of nitrogens with one attached hydrogen (secondary N) is 1. The summed E-state index contributed by atoms with van der Waals surface area (Å²) in [5, 5.41) is 3.00. The Morgan fingerprint density at radius 1 is 1.07 bits per heavy atom. The second kappa shape index (κ2) is 8.19. The third-order valence-electron chi connectivity index (χ3n) is 4.71. The van der Waals surface area contributed by atoms with Gasteiger partial charge in [-0.3, -0.25) is 9.69 Å². The van der Waals surface area contributed by atoms with Crippen LogP contribution in [0.2, 0.25) is 5.02 Å². The molecule has 0 bridgehead atoms. The van der Waals surface area contributed by atoms with Gasteiger partial charge in [-0.15, -0.1) is 0 Å². The number of hydrogen-bond donors (Lipinski definition) is 1. The van der Waals surface area contributed by atoms with Crippen LogP contribution in [-0.4, -0.2) is 43.0 Å². The number of rotatable bonds is 4. The van der Waals surface area contributed by atoms with Crippen molar-refractivity contribution >= 4 is 28.9 Å². The van der Waals surface area contributed by atoms with Crippen LogP contribution in [0.15, 0.2) is 36.4 Å². The molecule has 1 aliphatic rings. The molecule has 2 aromatic carbocycles. The van der Waals surface area contributed by atoms with Crippen LogP contribution in [0.1, 0.15) is 6.92 Å². The summed E-state index contributed by atoms with van der Waals surface area (Å²) in [5.74, 6) is -4.77. The average molecular weight is 398 g/mol. The van der Waals surface area contributed by atoms with Crippen LogP contribution >= 0.6 is 11.6 Å². The quantitative estimate of drug-likeness (QED) is 0.795. The lowest BCUT2D eigenvalue weighted by Crippen LogP contribution is -2.52. The molecule has 0 saturated carbocycles. The van der Waals surface area contributed by atoms with Crippen LogP contribution in [-0.2, 0) is 4.79 Å². The largest absolute Gasteiger partial charge is 0.369 e. The molecule has 1 atom stereocenters. The van der Waals surface area contributed by atoms with Gasteiger partial charge < -0.3 is 10.2 Å². The Morgan fingerprint density at radius 3 is 2.44 bits per heavy atom. The molecule has 0 radical (unpaired) electrons. The monoisotopic (exact) mass is 397 g/mol. The number of piperazine rings is 1. The first-order valence-electron chi connectivity index (χ1n) is 8.55. The average Bonchev–Trinajstić information content (AvgIpc) is 2.68. The zero-order valence-corrected chi connectivity index (χ0v) is 15.4. The van der Waals surface area contributed by atoms with E-state index in [2.05, 4.69) is 10.2 Å². The third kappa shape index (κ3) is 4.36. The molecule has 1 aliphatic heterocycles.